The number of aromatic nitrogens is 6. The molecule has 4 aromatic heterocycles. The van der Waals surface area contributed by atoms with E-state index in [-0.39, 0.29) is 11.1 Å². The molecule has 2 aliphatic heterocycles. The maximum atomic E-state index is 6.55. The lowest BCUT2D eigenvalue weighted by Crippen LogP contribution is -2.43. The smallest absolute Gasteiger partial charge is 0.239 e. The molecule has 11 nitrogen and oxygen atoms in total. The van der Waals surface area contributed by atoms with Gasteiger partial charge in [0.05, 0.1) is 29.8 Å². The van der Waals surface area contributed by atoms with E-state index in [1.165, 1.54) is 24.0 Å². The van der Waals surface area contributed by atoms with Crippen molar-refractivity contribution in [2.24, 2.45) is 11.5 Å². The molecule has 8 aromatic rings. The van der Waals surface area contributed by atoms with Crippen molar-refractivity contribution in [3.05, 3.63) is 168 Å². The minimum atomic E-state index is -0.176. The molecule has 6 heterocycles. The zero-order valence-electron chi connectivity index (χ0n) is 35.2. The Bertz CT molecular complexity index is 2960. The normalized spacial score (nSPS) is 16.3. The van der Waals surface area contributed by atoms with E-state index in [1.807, 2.05) is 41.1 Å². The highest BCUT2D eigenvalue weighted by molar-refractivity contribution is 9.10. The number of ether oxygens (including phenoxy) is 2. The fourth-order valence-electron chi connectivity index (χ4n) is 9.16. The summed E-state index contributed by atoms with van der Waals surface area (Å²) in [6.45, 7) is 1.66. The highest BCUT2D eigenvalue weighted by atomic mass is 79.9. The summed E-state index contributed by atoms with van der Waals surface area (Å²) in [5.41, 5.74) is 26.1. The largest absolute Gasteiger partial charge is 0.474 e. The van der Waals surface area contributed by atoms with Crippen LogP contribution in [0.25, 0.3) is 50.5 Å². The molecular formula is C52H46BrN9O2. The van der Waals surface area contributed by atoms with Crippen LogP contribution in [0.5, 0.6) is 11.8 Å². The summed E-state index contributed by atoms with van der Waals surface area (Å²) in [6, 6.07) is 46.1. The molecule has 0 unspecified atom stereocenters. The van der Waals surface area contributed by atoms with Crippen LogP contribution in [0.1, 0.15) is 55.5 Å². The van der Waals surface area contributed by atoms with Gasteiger partial charge in [0.1, 0.15) is 18.0 Å². The Balaban J connectivity index is 0.000000143. The van der Waals surface area contributed by atoms with Crippen LogP contribution in [0.15, 0.2) is 151 Å². The maximum Gasteiger partial charge on any atom is 0.239 e. The third-order valence-electron chi connectivity index (χ3n) is 13.1. The van der Waals surface area contributed by atoms with Gasteiger partial charge in [-0.05, 0) is 101 Å². The lowest BCUT2D eigenvalue weighted by molar-refractivity contribution is 0.253. The Morgan fingerprint density at radius 2 is 1.12 bits per heavy atom. The number of rotatable bonds is 7. The quantitative estimate of drug-likeness (QED) is 0.159. The van der Waals surface area contributed by atoms with Crippen molar-refractivity contribution in [3.8, 4) is 62.2 Å². The number of benzene rings is 4. The lowest BCUT2D eigenvalue weighted by atomic mass is 9.72. The Labute approximate surface area is 380 Å². The average Bonchev–Trinajstić information content (AvgIpc) is 3.73. The first-order chi connectivity index (χ1) is 31.3. The zero-order chi connectivity index (χ0) is 43.3. The van der Waals surface area contributed by atoms with Crippen LogP contribution in [-0.2, 0) is 17.7 Å². The van der Waals surface area contributed by atoms with Crippen LogP contribution in [-0.4, -0.2) is 42.9 Å². The topological polar surface area (TPSA) is 143 Å². The lowest BCUT2D eigenvalue weighted by Gasteiger charge is -2.38. The van der Waals surface area contributed by atoms with Gasteiger partial charge in [0.15, 0.2) is 12.4 Å². The van der Waals surface area contributed by atoms with Gasteiger partial charge in [-0.25, -0.2) is 9.97 Å². The van der Waals surface area contributed by atoms with Gasteiger partial charge >= 0.3 is 0 Å². The number of pyridine rings is 3. The number of hydrogen-bond donors (Lipinski definition) is 2. The summed E-state index contributed by atoms with van der Waals surface area (Å²) in [5, 5.41) is 8.32. The van der Waals surface area contributed by atoms with E-state index in [1.54, 1.807) is 6.20 Å². The van der Waals surface area contributed by atoms with Crippen LogP contribution in [0.3, 0.4) is 0 Å². The zero-order valence-corrected chi connectivity index (χ0v) is 36.8. The molecule has 64 heavy (non-hydrogen) atoms. The van der Waals surface area contributed by atoms with E-state index in [2.05, 4.69) is 139 Å². The monoisotopic (exact) mass is 907 g/mol. The van der Waals surface area contributed by atoms with Crippen LogP contribution < -0.4 is 25.8 Å². The minimum absolute atomic E-state index is 0.169. The molecule has 2 saturated carbocycles. The van der Waals surface area contributed by atoms with Gasteiger partial charge in [-0.3, -0.25) is 9.55 Å². The van der Waals surface area contributed by atoms with E-state index in [4.69, 9.17) is 30.9 Å². The fourth-order valence-corrected chi connectivity index (χ4v) is 9.64. The number of halogens is 1. The number of nitrogens with two attached hydrogens (primary N) is 2. The van der Waals surface area contributed by atoms with Gasteiger partial charge in [-0.1, -0.05) is 109 Å². The average molecular weight is 909 g/mol. The van der Waals surface area contributed by atoms with Crippen molar-refractivity contribution in [2.45, 2.75) is 56.2 Å². The third kappa shape index (κ3) is 7.31. The molecule has 4 N–H and O–H groups in total. The number of hydrogen-bond acceptors (Lipinski definition) is 10. The SMILES string of the molecule is NC1(c2ccc(-c3nc4c(cc3-c3ccccc3)-n3c(Br)nnc3CO4)cc2)CCC1.NC1(c2ccc(-c3nc4c(cc3-c3ccccc3)N(c3cccnc3)CCO4)cc2)CCC1. The predicted octanol–water partition coefficient (Wildman–Crippen LogP) is 10.7. The van der Waals surface area contributed by atoms with Crippen molar-refractivity contribution in [1.82, 2.24) is 29.7 Å². The van der Waals surface area contributed by atoms with Crippen molar-refractivity contribution < 1.29 is 9.47 Å². The van der Waals surface area contributed by atoms with Crippen molar-refractivity contribution in [2.75, 3.05) is 18.1 Å². The van der Waals surface area contributed by atoms with E-state index < -0.39 is 0 Å². The molecule has 318 valence electrons. The van der Waals surface area contributed by atoms with Gasteiger partial charge in [-0.15, -0.1) is 10.2 Å². The Morgan fingerprint density at radius 1 is 0.578 bits per heavy atom. The van der Waals surface area contributed by atoms with Crippen molar-refractivity contribution >= 4 is 27.3 Å². The summed E-state index contributed by atoms with van der Waals surface area (Å²) in [6.07, 6.45) is 10.3. The fraction of sp³-hybridized carbons (Fsp3) is 0.212. The highest BCUT2D eigenvalue weighted by Gasteiger charge is 2.35. The maximum absolute atomic E-state index is 6.55. The molecule has 4 aliphatic rings. The minimum Gasteiger partial charge on any atom is -0.474 e. The number of fused-ring (bicyclic) bond motifs is 4. The second kappa shape index (κ2) is 16.4. The first kappa shape index (κ1) is 40.1. The van der Waals surface area contributed by atoms with Gasteiger partial charge in [-0.2, -0.15) is 0 Å². The van der Waals surface area contributed by atoms with E-state index in [0.29, 0.717) is 29.7 Å². The summed E-state index contributed by atoms with van der Waals surface area (Å²) < 4.78 is 14.6. The van der Waals surface area contributed by atoms with Crippen LogP contribution in [0.4, 0.5) is 11.4 Å². The highest BCUT2D eigenvalue weighted by Crippen LogP contribution is 2.45. The van der Waals surface area contributed by atoms with Crippen molar-refractivity contribution in [3.63, 3.8) is 0 Å². The number of anilines is 2. The molecule has 2 fully saturated rings. The second-order valence-corrected chi connectivity index (χ2v) is 17.8. The Morgan fingerprint density at radius 3 is 1.64 bits per heavy atom. The molecule has 12 rings (SSSR count). The van der Waals surface area contributed by atoms with Crippen LogP contribution in [0, 0.1) is 0 Å². The van der Waals surface area contributed by atoms with Crippen molar-refractivity contribution in [1.29, 1.82) is 0 Å². The van der Waals surface area contributed by atoms with Crippen LogP contribution in [0.2, 0.25) is 0 Å². The first-order valence-corrected chi connectivity index (χ1v) is 22.7. The Hall–Kier alpha value is -6.73. The van der Waals surface area contributed by atoms with E-state index in [9.17, 15) is 0 Å². The molecule has 0 atom stereocenters. The molecule has 4 aromatic carbocycles. The predicted molar refractivity (Wildman–Crippen MR) is 253 cm³/mol. The molecule has 0 bridgehead atoms. The van der Waals surface area contributed by atoms with E-state index >= 15 is 0 Å². The molecule has 2 aliphatic carbocycles. The molecule has 12 heteroatoms. The Kier molecular flexibility index (Phi) is 10.3. The van der Waals surface area contributed by atoms with Gasteiger partial charge < -0.3 is 25.8 Å². The molecular weight excluding hydrogens is 863 g/mol. The van der Waals surface area contributed by atoms with E-state index in [0.717, 1.165) is 99.9 Å². The molecule has 0 amide bonds. The summed E-state index contributed by atoms with van der Waals surface area (Å²) in [4.78, 5) is 16.5. The van der Waals surface area contributed by atoms with Crippen LogP contribution >= 0.6 is 15.9 Å². The molecule has 0 saturated heterocycles. The summed E-state index contributed by atoms with van der Waals surface area (Å²) >= 11 is 3.50. The van der Waals surface area contributed by atoms with Gasteiger partial charge in [0, 0.05) is 39.5 Å². The van der Waals surface area contributed by atoms with Gasteiger partial charge in [0.25, 0.3) is 0 Å². The standard InChI is InChI=1S/C28H26N4O.C24H20BrN5O/c29-28(13-5-14-28)22-11-9-21(10-12-22)26-24(20-6-2-1-3-7-20)18-25-27(31-26)33-17-16-32(25)23-8-4-15-30-19-23;25-23-29-28-20-14-31-22-19(30(20)23)13-18(15-5-2-1-3-6-15)21(27-22)16-7-9-17(10-8-16)24(26)11-4-12-24/h1-4,6-12,15,18-19H,5,13-14,16-17,29H2;1-3,5-10,13H,4,11-12,14,26H2. The second-order valence-electron chi connectivity index (χ2n) is 17.0. The molecule has 0 spiro atoms. The first-order valence-electron chi connectivity index (χ1n) is 21.9. The summed E-state index contributed by atoms with van der Waals surface area (Å²) in [5.74, 6) is 1.96. The summed E-state index contributed by atoms with van der Waals surface area (Å²) in [7, 11) is 0. The third-order valence-corrected chi connectivity index (χ3v) is 13.6. The molecule has 0 radical (unpaired) electrons. The van der Waals surface area contributed by atoms with Gasteiger partial charge in [0.2, 0.25) is 16.5 Å². The number of nitrogens with zero attached hydrogens (tertiary/aromatic N) is 7.